The van der Waals surface area contributed by atoms with E-state index in [0.717, 1.165) is 0 Å². The van der Waals surface area contributed by atoms with E-state index in [1.54, 1.807) is 32.2 Å². The molecule has 23 heavy (non-hydrogen) atoms. The van der Waals surface area contributed by atoms with Gasteiger partial charge in [-0.15, -0.1) is 0 Å². The number of amides is 2. The molecule has 2 atom stereocenters. The first-order valence-electron chi connectivity index (χ1n) is 7.70. The molecule has 6 nitrogen and oxygen atoms in total. The molecule has 2 amide bonds. The van der Waals surface area contributed by atoms with Crippen molar-refractivity contribution < 1.29 is 19.5 Å². The first kappa shape index (κ1) is 18.7. The number of carbonyl (C=O) groups is 3. The van der Waals surface area contributed by atoms with Gasteiger partial charge in [-0.1, -0.05) is 26.3 Å². The van der Waals surface area contributed by atoms with Crippen LogP contribution in [0, 0.1) is 5.92 Å². The van der Waals surface area contributed by atoms with Crippen LogP contribution in [0.3, 0.4) is 0 Å². The van der Waals surface area contributed by atoms with Crippen LogP contribution in [-0.4, -0.2) is 47.4 Å². The number of aliphatic carboxylic acids is 1. The van der Waals surface area contributed by atoms with Gasteiger partial charge in [0, 0.05) is 24.7 Å². The molecule has 1 aromatic carbocycles. The van der Waals surface area contributed by atoms with Crippen molar-refractivity contribution in [3.8, 4) is 0 Å². The third kappa shape index (κ3) is 4.81. The number of rotatable bonds is 7. The van der Waals surface area contributed by atoms with E-state index < -0.39 is 17.9 Å². The fourth-order valence-electron chi connectivity index (χ4n) is 2.07. The lowest BCUT2D eigenvalue weighted by Crippen LogP contribution is -2.45. The Balaban J connectivity index is 2.96. The summed E-state index contributed by atoms with van der Waals surface area (Å²) >= 11 is 0. The maximum atomic E-state index is 12.3. The Morgan fingerprint density at radius 2 is 1.83 bits per heavy atom. The third-order valence-corrected chi connectivity index (χ3v) is 3.96. The Hall–Kier alpha value is -2.37. The van der Waals surface area contributed by atoms with Crippen molar-refractivity contribution in [3.05, 3.63) is 35.4 Å². The van der Waals surface area contributed by atoms with Gasteiger partial charge in [-0.05, 0) is 31.0 Å². The largest absolute Gasteiger partial charge is 0.480 e. The fraction of sp³-hybridized carbons (Fsp3) is 0.471. The highest BCUT2D eigenvalue weighted by molar-refractivity contribution is 6.00. The standard InChI is InChI=1S/C17H24N2O4/c1-5-11(3)14(17(22)23)18-15(20)12-8-7-9-13(10-12)16(21)19(4)6-2/h7-11,14H,5-6H2,1-4H3,(H,18,20)(H,22,23). The summed E-state index contributed by atoms with van der Waals surface area (Å²) < 4.78 is 0. The van der Waals surface area contributed by atoms with Crippen LogP contribution >= 0.6 is 0 Å². The molecular weight excluding hydrogens is 296 g/mol. The Kier molecular flexibility index (Phi) is 6.75. The number of carboxylic acid groups (broad SMARTS) is 1. The molecule has 1 aromatic rings. The monoisotopic (exact) mass is 320 g/mol. The Morgan fingerprint density at radius 1 is 1.22 bits per heavy atom. The van der Waals surface area contributed by atoms with Crippen molar-refractivity contribution in [1.29, 1.82) is 0 Å². The highest BCUT2D eigenvalue weighted by Gasteiger charge is 2.26. The maximum absolute atomic E-state index is 12.3. The number of carboxylic acids is 1. The molecular formula is C17H24N2O4. The molecule has 6 heteroatoms. The minimum absolute atomic E-state index is 0.182. The molecule has 0 aliphatic heterocycles. The summed E-state index contributed by atoms with van der Waals surface area (Å²) in [6.45, 7) is 6.06. The summed E-state index contributed by atoms with van der Waals surface area (Å²) in [5.74, 6) is -1.93. The molecule has 0 saturated heterocycles. The van der Waals surface area contributed by atoms with Crippen molar-refractivity contribution in [2.75, 3.05) is 13.6 Å². The van der Waals surface area contributed by atoms with Gasteiger partial charge in [0.2, 0.25) is 0 Å². The van der Waals surface area contributed by atoms with Crippen LogP contribution in [0.2, 0.25) is 0 Å². The van der Waals surface area contributed by atoms with E-state index in [0.29, 0.717) is 18.5 Å². The molecule has 1 rings (SSSR count). The molecule has 2 unspecified atom stereocenters. The van der Waals surface area contributed by atoms with E-state index in [1.165, 1.54) is 11.0 Å². The topological polar surface area (TPSA) is 86.7 Å². The predicted octanol–water partition coefficient (Wildman–Crippen LogP) is 2.01. The van der Waals surface area contributed by atoms with Crippen molar-refractivity contribution in [2.24, 2.45) is 5.92 Å². The van der Waals surface area contributed by atoms with Crippen LogP contribution in [0.15, 0.2) is 24.3 Å². The summed E-state index contributed by atoms with van der Waals surface area (Å²) in [5, 5.41) is 11.8. The lowest BCUT2D eigenvalue weighted by Gasteiger charge is -2.20. The Bertz CT molecular complexity index is 586. The number of hydrogen-bond donors (Lipinski definition) is 2. The van der Waals surface area contributed by atoms with Gasteiger partial charge in [-0.2, -0.15) is 0 Å². The average molecular weight is 320 g/mol. The van der Waals surface area contributed by atoms with Gasteiger partial charge in [0.1, 0.15) is 6.04 Å². The van der Waals surface area contributed by atoms with Gasteiger partial charge >= 0.3 is 5.97 Å². The van der Waals surface area contributed by atoms with E-state index in [2.05, 4.69) is 5.32 Å². The van der Waals surface area contributed by atoms with Crippen molar-refractivity contribution in [1.82, 2.24) is 10.2 Å². The number of benzene rings is 1. The molecule has 0 aliphatic rings. The van der Waals surface area contributed by atoms with Gasteiger partial charge in [-0.25, -0.2) is 4.79 Å². The van der Waals surface area contributed by atoms with E-state index in [-0.39, 0.29) is 17.4 Å². The van der Waals surface area contributed by atoms with Gasteiger partial charge < -0.3 is 15.3 Å². The van der Waals surface area contributed by atoms with Crippen LogP contribution in [-0.2, 0) is 4.79 Å². The third-order valence-electron chi connectivity index (χ3n) is 3.96. The summed E-state index contributed by atoms with van der Waals surface area (Å²) in [4.78, 5) is 37.3. The number of hydrogen-bond acceptors (Lipinski definition) is 3. The average Bonchev–Trinajstić information content (AvgIpc) is 2.57. The molecule has 0 spiro atoms. The lowest BCUT2D eigenvalue weighted by atomic mass is 9.98. The predicted molar refractivity (Wildman–Crippen MR) is 87.4 cm³/mol. The quantitative estimate of drug-likeness (QED) is 0.804. The van der Waals surface area contributed by atoms with Crippen molar-refractivity contribution in [2.45, 2.75) is 33.2 Å². The summed E-state index contributed by atoms with van der Waals surface area (Å²) in [6.07, 6.45) is 0.636. The number of carbonyl (C=O) groups excluding carboxylic acids is 2. The van der Waals surface area contributed by atoms with E-state index in [4.69, 9.17) is 0 Å². The van der Waals surface area contributed by atoms with Gasteiger partial charge in [0.25, 0.3) is 11.8 Å². The Labute approximate surface area is 136 Å². The number of nitrogens with one attached hydrogen (secondary N) is 1. The van der Waals surface area contributed by atoms with Crippen LogP contribution in [0.25, 0.3) is 0 Å². The molecule has 0 radical (unpaired) electrons. The van der Waals surface area contributed by atoms with Crippen LogP contribution in [0.5, 0.6) is 0 Å². The molecule has 0 aromatic heterocycles. The van der Waals surface area contributed by atoms with Crippen LogP contribution in [0.1, 0.15) is 47.9 Å². The van der Waals surface area contributed by atoms with E-state index in [9.17, 15) is 19.5 Å². The normalized spacial score (nSPS) is 13.0. The lowest BCUT2D eigenvalue weighted by molar-refractivity contribution is -0.140. The first-order valence-corrected chi connectivity index (χ1v) is 7.70. The second-order valence-corrected chi connectivity index (χ2v) is 5.58. The zero-order valence-corrected chi connectivity index (χ0v) is 14.0. The zero-order chi connectivity index (χ0) is 17.6. The van der Waals surface area contributed by atoms with Crippen LogP contribution in [0.4, 0.5) is 0 Å². The van der Waals surface area contributed by atoms with Crippen LogP contribution < -0.4 is 5.32 Å². The molecule has 0 fully saturated rings. The van der Waals surface area contributed by atoms with Crippen molar-refractivity contribution >= 4 is 17.8 Å². The number of nitrogens with zero attached hydrogens (tertiary/aromatic N) is 1. The fourth-order valence-corrected chi connectivity index (χ4v) is 2.07. The highest BCUT2D eigenvalue weighted by Crippen LogP contribution is 2.11. The van der Waals surface area contributed by atoms with Gasteiger partial charge in [0.05, 0.1) is 0 Å². The second kappa shape index (κ2) is 8.31. The van der Waals surface area contributed by atoms with Gasteiger partial charge in [0.15, 0.2) is 0 Å². The van der Waals surface area contributed by atoms with E-state index >= 15 is 0 Å². The smallest absolute Gasteiger partial charge is 0.326 e. The molecule has 0 bridgehead atoms. The molecule has 126 valence electrons. The highest BCUT2D eigenvalue weighted by atomic mass is 16.4. The second-order valence-electron chi connectivity index (χ2n) is 5.58. The zero-order valence-electron chi connectivity index (χ0n) is 14.0. The minimum atomic E-state index is -1.06. The molecule has 0 saturated carbocycles. The van der Waals surface area contributed by atoms with Crippen molar-refractivity contribution in [3.63, 3.8) is 0 Å². The summed E-state index contributed by atoms with van der Waals surface area (Å²) in [5.41, 5.74) is 0.673. The SMILES string of the molecule is CCC(C)C(NC(=O)c1cccc(C(=O)N(C)CC)c1)C(=O)O. The van der Waals surface area contributed by atoms with Gasteiger partial charge in [-0.3, -0.25) is 9.59 Å². The molecule has 2 N–H and O–H groups in total. The first-order chi connectivity index (χ1) is 10.8. The summed E-state index contributed by atoms with van der Waals surface area (Å²) in [7, 11) is 1.68. The molecule has 0 aliphatic carbocycles. The minimum Gasteiger partial charge on any atom is -0.480 e. The van der Waals surface area contributed by atoms with E-state index in [1.807, 2.05) is 13.8 Å². The maximum Gasteiger partial charge on any atom is 0.326 e. The molecule has 0 heterocycles. The Morgan fingerprint density at radius 3 is 2.35 bits per heavy atom. The summed E-state index contributed by atoms with van der Waals surface area (Å²) in [6, 6.07) is 5.34.